The Bertz CT molecular complexity index is 721. The van der Waals surface area contributed by atoms with Gasteiger partial charge in [0.05, 0.1) is 6.67 Å². The first-order valence-corrected chi connectivity index (χ1v) is 7.26. The lowest BCUT2D eigenvalue weighted by molar-refractivity contribution is 0.0827. The maximum absolute atomic E-state index is 12.4. The number of hydrogen-bond donors (Lipinski definition) is 1. The number of rotatable bonds is 6. The van der Waals surface area contributed by atoms with Gasteiger partial charge < -0.3 is 14.6 Å². The number of halogens is 1. The van der Waals surface area contributed by atoms with Gasteiger partial charge in [0.1, 0.15) is 17.3 Å². The molecule has 1 aliphatic carbocycles. The summed E-state index contributed by atoms with van der Waals surface area (Å²) in [4.78, 5) is 21.1. The number of aromatic amines is 1. The maximum atomic E-state index is 12.4. The second kappa shape index (κ2) is 5.79. The topological polar surface area (TPSA) is 58.2 Å². The molecular weight excluding hydrogens is 285 g/mol. The molecule has 0 unspecified atom stereocenters. The van der Waals surface area contributed by atoms with Crippen LogP contribution in [0.3, 0.4) is 0 Å². The molecule has 1 saturated carbocycles. The van der Waals surface area contributed by atoms with Crippen molar-refractivity contribution in [3.8, 4) is 5.88 Å². The first-order chi connectivity index (χ1) is 10.6. The van der Waals surface area contributed by atoms with E-state index in [1.807, 2.05) is 6.07 Å². The average Bonchev–Trinajstić information content (AvgIpc) is 3.21. The van der Waals surface area contributed by atoms with Crippen molar-refractivity contribution < 1.29 is 13.9 Å². The van der Waals surface area contributed by atoms with Crippen LogP contribution in [0.5, 0.6) is 5.88 Å². The molecule has 0 aromatic carbocycles. The van der Waals surface area contributed by atoms with Crippen molar-refractivity contribution in [1.82, 2.24) is 14.9 Å². The fourth-order valence-electron chi connectivity index (χ4n) is 2.18. The summed E-state index contributed by atoms with van der Waals surface area (Å²) in [6.45, 7) is 3.19. The molecular formula is C16H18FN3O2. The van der Waals surface area contributed by atoms with Crippen molar-refractivity contribution in [2.75, 3.05) is 13.7 Å². The second-order valence-corrected chi connectivity index (χ2v) is 5.45. The normalized spacial score (nSPS) is 14.1. The zero-order valence-electron chi connectivity index (χ0n) is 12.4. The number of nitrogens with one attached hydrogen (secondary N) is 1. The number of pyridine rings is 1. The monoisotopic (exact) mass is 303 g/mol. The molecule has 3 rings (SSSR count). The van der Waals surface area contributed by atoms with Crippen molar-refractivity contribution in [1.29, 1.82) is 0 Å². The Labute approximate surface area is 127 Å². The molecule has 0 atom stereocenters. The number of H-pyrrole nitrogens is 1. The van der Waals surface area contributed by atoms with Crippen LogP contribution >= 0.6 is 0 Å². The summed E-state index contributed by atoms with van der Waals surface area (Å²) >= 11 is 0. The summed E-state index contributed by atoms with van der Waals surface area (Å²) in [5, 5.41) is 0.860. The number of carbonyl (C=O) groups is 1. The minimum absolute atomic E-state index is 0.139. The van der Waals surface area contributed by atoms with Gasteiger partial charge in [-0.1, -0.05) is 6.58 Å². The highest BCUT2D eigenvalue weighted by Crippen LogP contribution is 2.30. The minimum atomic E-state index is -0.535. The largest absolute Gasteiger partial charge is 0.473 e. The highest BCUT2D eigenvalue weighted by Gasteiger charge is 2.26. The quantitative estimate of drug-likeness (QED) is 0.892. The van der Waals surface area contributed by atoms with E-state index in [0.717, 1.165) is 18.2 Å². The van der Waals surface area contributed by atoms with E-state index in [9.17, 15) is 9.18 Å². The number of amides is 1. The van der Waals surface area contributed by atoms with Crippen molar-refractivity contribution in [2.24, 2.45) is 0 Å². The van der Waals surface area contributed by atoms with E-state index < -0.39 is 6.67 Å². The molecule has 5 nitrogen and oxygen atoms in total. The second-order valence-electron chi connectivity index (χ2n) is 5.45. The van der Waals surface area contributed by atoms with Crippen LogP contribution < -0.4 is 4.74 Å². The van der Waals surface area contributed by atoms with Crippen molar-refractivity contribution >= 4 is 16.8 Å². The number of aromatic nitrogens is 2. The molecule has 6 heteroatoms. The van der Waals surface area contributed by atoms with Crippen LogP contribution in [0.4, 0.5) is 4.39 Å². The van der Waals surface area contributed by atoms with Crippen molar-refractivity contribution in [2.45, 2.75) is 25.4 Å². The number of nitrogens with zero attached hydrogens (tertiary/aromatic N) is 2. The number of ether oxygens (including phenoxy) is 1. The van der Waals surface area contributed by atoms with Gasteiger partial charge in [0.15, 0.2) is 0 Å². The van der Waals surface area contributed by atoms with Gasteiger partial charge in [0.25, 0.3) is 5.91 Å². The molecule has 1 aliphatic rings. The van der Waals surface area contributed by atoms with E-state index in [-0.39, 0.29) is 18.4 Å². The van der Waals surface area contributed by atoms with E-state index >= 15 is 0 Å². The lowest BCUT2D eigenvalue weighted by Gasteiger charge is -2.17. The predicted molar refractivity (Wildman–Crippen MR) is 81.6 cm³/mol. The third-order valence-electron chi connectivity index (χ3n) is 3.70. The molecule has 2 heterocycles. The molecule has 1 amide bonds. The van der Waals surface area contributed by atoms with Gasteiger partial charge in [0, 0.05) is 30.7 Å². The molecule has 0 aliphatic heterocycles. The third-order valence-corrected chi connectivity index (χ3v) is 3.70. The molecule has 0 saturated heterocycles. The standard InChI is InChI=1S/C16H18FN3O2/c1-10(5-7-17)20(2)16(21)13-9-11-6-8-18-15(14(11)19-13)22-12-3-4-12/h6,8-9,12,19H,1,3-5,7H2,2H3. The van der Waals surface area contributed by atoms with Gasteiger partial charge in [0.2, 0.25) is 5.88 Å². The van der Waals surface area contributed by atoms with E-state index in [1.54, 1.807) is 19.3 Å². The van der Waals surface area contributed by atoms with Gasteiger partial charge in [-0.15, -0.1) is 0 Å². The van der Waals surface area contributed by atoms with Crippen LogP contribution in [-0.4, -0.2) is 40.6 Å². The molecule has 1 N–H and O–H groups in total. The number of allylic oxidation sites excluding steroid dienone is 1. The van der Waals surface area contributed by atoms with Crippen LogP contribution in [-0.2, 0) is 0 Å². The zero-order valence-corrected chi connectivity index (χ0v) is 12.4. The molecule has 2 aromatic rings. The van der Waals surface area contributed by atoms with Crippen molar-refractivity contribution in [3.63, 3.8) is 0 Å². The fourth-order valence-corrected chi connectivity index (χ4v) is 2.18. The van der Waals surface area contributed by atoms with Crippen LogP contribution in [0.1, 0.15) is 29.8 Å². The number of fused-ring (bicyclic) bond motifs is 1. The first kappa shape index (κ1) is 14.6. The average molecular weight is 303 g/mol. The van der Waals surface area contributed by atoms with Gasteiger partial charge in [-0.25, -0.2) is 4.98 Å². The Morgan fingerprint density at radius 2 is 2.36 bits per heavy atom. The molecule has 2 aromatic heterocycles. The summed E-state index contributed by atoms with van der Waals surface area (Å²) in [5.41, 5.74) is 1.56. The molecule has 0 spiro atoms. The molecule has 22 heavy (non-hydrogen) atoms. The van der Waals surface area contributed by atoms with E-state index in [1.165, 1.54) is 4.90 Å². The Hall–Kier alpha value is -2.37. The Morgan fingerprint density at radius 3 is 3.05 bits per heavy atom. The van der Waals surface area contributed by atoms with E-state index in [4.69, 9.17) is 4.74 Å². The molecule has 116 valence electrons. The summed E-state index contributed by atoms with van der Waals surface area (Å²) in [6.07, 6.45) is 4.10. The molecule has 0 bridgehead atoms. The number of hydrogen-bond acceptors (Lipinski definition) is 3. The number of carbonyl (C=O) groups excluding carboxylic acids is 1. The molecule has 0 radical (unpaired) electrons. The smallest absolute Gasteiger partial charge is 0.274 e. The fraction of sp³-hybridized carbons (Fsp3) is 0.375. The van der Waals surface area contributed by atoms with Gasteiger partial charge in [-0.05, 0) is 25.0 Å². The SMILES string of the molecule is C=C(CCF)N(C)C(=O)c1cc2ccnc(OC3CC3)c2[nH]1. The summed E-state index contributed by atoms with van der Waals surface area (Å²) < 4.78 is 18.1. The van der Waals surface area contributed by atoms with Crippen LogP contribution in [0.15, 0.2) is 30.6 Å². The highest BCUT2D eigenvalue weighted by atomic mass is 19.1. The molecule has 1 fully saturated rings. The highest BCUT2D eigenvalue weighted by molar-refractivity contribution is 5.99. The van der Waals surface area contributed by atoms with Gasteiger partial charge >= 0.3 is 0 Å². The summed E-state index contributed by atoms with van der Waals surface area (Å²) in [5.74, 6) is 0.260. The summed E-state index contributed by atoms with van der Waals surface area (Å²) in [6, 6.07) is 3.57. The van der Waals surface area contributed by atoms with Crippen LogP contribution in [0.2, 0.25) is 0 Å². The van der Waals surface area contributed by atoms with Crippen molar-refractivity contribution in [3.05, 3.63) is 36.3 Å². The summed E-state index contributed by atoms with van der Waals surface area (Å²) in [7, 11) is 1.59. The van der Waals surface area contributed by atoms with Crippen LogP contribution in [0.25, 0.3) is 10.9 Å². The lowest BCUT2D eigenvalue weighted by Crippen LogP contribution is -2.26. The first-order valence-electron chi connectivity index (χ1n) is 7.26. The zero-order chi connectivity index (χ0) is 15.7. The maximum Gasteiger partial charge on any atom is 0.274 e. The Kier molecular flexibility index (Phi) is 3.83. The predicted octanol–water partition coefficient (Wildman–Crippen LogP) is 3.05. The third kappa shape index (κ3) is 2.81. The Morgan fingerprint density at radius 1 is 1.59 bits per heavy atom. The number of alkyl halides is 1. The van der Waals surface area contributed by atoms with Gasteiger partial charge in [-0.2, -0.15) is 0 Å². The lowest BCUT2D eigenvalue weighted by atomic mass is 10.2. The minimum Gasteiger partial charge on any atom is -0.473 e. The van der Waals surface area contributed by atoms with E-state index in [0.29, 0.717) is 22.8 Å². The van der Waals surface area contributed by atoms with Gasteiger partial charge in [-0.3, -0.25) is 9.18 Å². The van der Waals surface area contributed by atoms with Crippen LogP contribution in [0, 0.1) is 0 Å². The van der Waals surface area contributed by atoms with E-state index in [2.05, 4.69) is 16.5 Å². The Balaban J connectivity index is 1.87.